The van der Waals surface area contributed by atoms with Gasteiger partial charge in [-0.15, -0.1) is 0 Å². The van der Waals surface area contributed by atoms with Gasteiger partial charge in [-0.2, -0.15) is 0 Å². The minimum Gasteiger partial charge on any atom is -0.342 e. The van der Waals surface area contributed by atoms with E-state index in [2.05, 4.69) is 28.9 Å². The van der Waals surface area contributed by atoms with Crippen LogP contribution in [0.2, 0.25) is 5.02 Å². The van der Waals surface area contributed by atoms with Crippen molar-refractivity contribution in [3.63, 3.8) is 0 Å². The summed E-state index contributed by atoms with van der Waals surface area (Å²) in [6.07, 6.45) is 4.03. The molecule has 1 N–H and O–H groups in total. The molecular weight excluding hydrogens is 244 g/mol. The number of hydrogen-bond donors (Lipinski definition) is 1. The Labute approximate surface area is 113 Å². The third-order valence-electron chi connectivity index (χ3n) is 3.95. The van der Waals surface area contributed by atoms with Gasteiger partial charge in [0.05, 0.1) is 10.5 Å². The normalized spacial score (nSPS) is 16.1. The van der Waals surface area contributed by atoms with Crippen molar-refractivity contribution < 1.29 is 0 Å². The number of aromatic nitrogens is 1. The second-order valence-electron chi connectivity index (χ2n) is 5.07. The topological polar surface area (TPSA) is 17.0 Å². The quantitative estimate of drug-likeness (QED) is 0.883. The van der Waals surface area contributed by atoms with Gasteiger partial charge in [0.2, 0.25) is 0 Å². The smallest absolute Gasteiger partial charge is 0.0672 e. The van der Waals surface area contributed by atoms with Crippen molar-refractivity contribution in [3.8, 4) is 0 Å². The number of nitrogens with one attached hydrogen (secondary N) is 1. The Morgan fingerprint density at radius 1 is 1.39 bits per heavy atom. The van der Waals surface area contributed by atoms with Crippen LogP contribution in [-0.4, -0.2) is 10.6 Å². The number of fused-ring (bicyclic) bond motifs is 1. The van der Waals surface area contributed by atoms with Crippen LogP contribution in [0, 0.1) is 0 Å². The van der Waals surface area contributed by atoms with Crippen molar-refractivity contribution in [2.45, 2.75) is 45.3 Å². The molecule has 1 saturated carbocycles. The van der Waals surface area contributed by atoms with Crippen LogP contribution in [0.25, 0.3) is 10.9 Å². The molecule has 1 aromatic heterocycles. The fourth-order valence-corrected chi connectivity index (χ4v) is 2.99. The Bertz CT molecular complexity index is 555. The van der Waals surface area contributed by atoms with Gasteiger partial charge in [0.1, 0.15) is 0 Å². The molecule has 1 heterocycles. The highest BCUT2D eigenvalue weighted by atomic mass is 35.5. The van der Waals surface area contributed by atoms with Crippen LogP contribution >= 0.6 is 11.6 Å². The van der Waals surface area contributed by atoms with Gasteiger partial charge in [-0.25, -0.2) is 0 Å². The zero-order valence-electron chi connectivity index (χ0n) is 10.7. The van der Waals surface area contributed by atoms with Crippen LogP contribution < -0.4 is 5.32 Å². The van der Waals surface area contributed by atoms with E-state index in [1.54, 1.807) is 0 Å². The van der Waals surface area contributed by atoms with Crippen molar-refractivity contribution in [1.29, 1.82) is 0 Å². The number of para-hydroxylation sites is 1. The molecule has 1 aliphatic carbocycles. The lowest BCUT2D eigenvalue weighted by atomic mass is 9.93. The molecule has 0 aliphatic heterocycles. The Morgan fingerprint density at radius 2 is 2.22 bits per heavy atom. The lowest BCUT2D eigenvalue weighted by molar-refractivity contribution is 0.335. The fourth-order valence-electron chi connectivity index (χ4n) is 2.70. The largest absolute Gasteiger partial charge is 0.342 e. The molecule has 0 amide bonds. The van der Waals surface area contributed by atoms with Crippen molar-refractivity contribution in [2.75, 3.05) is 0 Å². The number of aryl methyl sites for hydroxylation is 1. The van der Waals surface area contributed by atoms with Crippen LogP contribution in [-0.2, 0) is 13.1 Å². The van der Waals surface area contributed by atoms with E-state index in [1.807, 2.05) is 12.1 Å². The minimum absolute atomic E-state index is 0.726. The first-order chi connectivity index (χ1) is 8.79. The van der Waals surface area contributed by atoms with Crippen LogP contribution in [0.5, 0.6) is 0 Å². The molecule has 0 radical (unpaired) electrons. The zero-order chi connectivity index (χ0) is 12.5. The van der Waals surface area contributed by atoms with Crippen LogP contribution in [0.1, 0.15) is 31.9 Å². The molecular formula is C15H19ClN2. The molecule has 1 aliphatic rings. The highest BCUT2D eigenvalue weighted by Crippen LogP contribution is 2.27. The first kappa shape index (κ1) is 12.1. The monoisotopic (exact) mass is 262 g/mol. The van der Waals surface area contributed by atoms with E-state index in [4.69, 9.17) is 11.6 Å². The molecule has 3 rings (SSSR count). The first-order valence-corrected chi connectivity index (χ1v) is 7.17. The van der Waals surface area contributed by atoms with Gasteiger partial charge in [-0.1, -0.05) is 30.2 Å². The lowest BCUT2D eigenvalue weighted by Gasteiger charge is -2.26. The summed E-state index contributed by atoms with van der Waals surface area (Å²) < 4.78 is 2.32. The Hall–Kier alpha value is -0.990. The first-order valence-electron chi connectivity index (χ1n) is 6.79. The second-order valence-corrected chi connectivity index (χ2v) is 5.47. The van der Waals surface area contributed by atoms with E-state index in [-0.39, 0.29) is 0 Å². The van der Waals surface area contributed by atoms with E-state index >= 15 is 0 Å². The maximum Gasteiger partial charge on any atom is 0.0672 e. The second kappa shape index (κ2) is 4.94. The van der Waals surface area contributed by atoms with Crippen LogP contribution in [0.15, 0.2) is 24.3 Å². The Balaban J connectivity index is 1.92. The van der Waals surface area contributed by atoms with Crippen LogP contribution in [0.4, 0.5) is 0 Å². The molecule has 1 fully saturated rings. The molecule has 1 aromatic carbocycles. The average Bonchev–Trinajstić information content (AvgIpc) is 2.66. The number of halogens is 1. The zero-order valence-corrected chi connectivity index (χ0v) is 11.5. The standard InChI is InChI=1S/C15H19ClN2/c1-2-18-13(10-17-12-6-4-7-12)9-11-5-3-8-14(16)15(11)18/h3,5,8-9,12,17H,2,4,6-7,10H2,1H3. The van der Waals surface area contributed by atoms with Gasteiger partial charge < -0.3 is 9.88 Å². The van der Waals surface area contributed by atoms with Crippen LogP contribution in [0.3, 0.4) is 0 Å². The van der Waals surface area contributed by atoms with Crippen molar-refractivity contribution in [1.82, 2.24) is 9.88 Å². The van der Waals surface area contributed by atoms with Crippen molar-refractivity contribution in [2.24, 2.45) is 0 Å². The fraction of sp³-hybridized carbons (Fsp3) is 0.467. The highest BCUT2D eigenvalue weighted by molar-refractivity contribution is 6.35. The summed E-state index contributed by atoms with van der Waals surface area (Å²) in [7, 11) is 0. The summed E-state index contributed by atoms with van der Waals surface area (Å²) in [4.78, 5) is 0. The van der Waals surface area contributed by atoms with E-state index in [0.717, 1.165) is 24.2 Å². The predicted molar refractivity (Wildman–Crippen MR) is 77.1 cm³/mol. The van der Waals surface area contributed by atoms with E-state index in [1.165, 1.54) is 35.9 Å². The van der Waals surface area contributed by atoms with Gasteiger partial charge in [0.15, 0.2) is 0 Å². The van der Waals surface area contributed by atoms with Gasteiger partial charge in [-0.3, -0.25) is 0 Å². The number of nitrogens with zero attached hydrogens (tertiary/aromatic N) is 1. The molecule has 18 heavy (non-hydrogen) atoms. The molecule has 0 saturated heterocycles. The third kappa shape index (κ3) is 2.04. The average molecular weight is 263 g/mol. The maximum atomic E-state index is 6.31. The minimum atomic E-state index is 0.726. The summed E-state index contributed by atoms with van der Waals surface area (Å²) in [6.45, 7) is 4.09. The van der Waals surface area contributed by atoms with E-state index < -0.39 is 0 Å². The number of rotatable bonds is 4. The summed E-state index contributed by atoms with van der Waals surface area (Å²) in [6, 6.07) is 9.12. The molecule has 0 unspecified atom stereocenters. The molecule has 3 heteroatoms. The summed E-state index contributed by atoms with van der Waals surface area (Å²) >= 11 is 6.31. The predicted octanol–water partition coefficient (Wildman–Crippen LogP) is 3.96. The summed E-state index contributed by atoms with van der Waals surface area (Å²) in [5.41, 5.74) is 2.51. The van der Waals surface area contributed by atoms with E-state index in [0.29, 0.717) is 0 Å². The SMILES string of the molecule is CCn1c(CNC2CCC2)cc2cccc(Cl)c21. The van der Waals surface area contributed by atoms with Gasteiger partial charge in [0.25, 0.3) is 0 Å². The third-order valence-corrected chi connectivity index (χ3v) is 4.25. The van der Waals surface area contributed by atoms with Gasteiger partial charge >= 0.3 is 0 Å². The molecule has 0 bridgehead atoms. The molecule has 2 aromatic rings. The Kier molecular flexibility index (Phi) is 3.31. The highest BCUT2D eigenvalue weighted by Gasteiger charge is 2.17. The number of hydrogen-bond acceptors (Lipinski definition) is 1. The van der Waals surface area contributed by atoms with Gasteiger partial charge in [-0.05, 0) is 31.9 Å². The van der Waals surface area contributed by atoms with Crippen molar-refractivity contribution in [3.05, 3.63) is 35.0 Å². The molecule has 2 nitrogen and oxygen atoms in total. The molecule has 96 valence electrons. The molecule has 0 atom stereocenters. The van der Waals surface area contributed by atoms with E-state index in [9.17, 15) is 0 Å². The summed E-state index contributed by atoms with van der Waals surface area (Å²) in [5, 5.41) is 5.72. The molecule has 0 spiro atoms. The summed E-state index contributed by atoms with van der Waals surface area (Å²) in [5.74, 6) is 0. The van der Waals surface area contributed by atoms with Crippen molar-refractivity contribution >= 4 is 22.5 Å². The maximum absolute atomic E-state index is 6.31. The number of benzene rings is 1. The lowest BCUT2D eigenvalue weighted by Crippen LogP contribution is -2.35. The van der Waals surface area contributed by atoms with Gasteiger partial charge in [0, 0.05) is 30.2 Å². The Morgan fingerprint density at radius 3 is 2.89 bits per heavy atom.